The second kappa shape index (κ2) is 9.24. The van der Waals surface area contributed by atoms with Gasteiger partial charge in [-0.1, -0.05) is 18.2 Å². The Morgan fingerprint density at radius 1 is 1.13 bits per heavy atom. The summed E-state index contributed by atoms with van der Waals surface area (Å²) in [5.74, 6) is -1.65. The fourth-order valence-corrected chi connectivity index (χ4v) is 4.36. The summed E-state index contributed by atoms with van der Waals surface area (Å²) in [6.45, 7) is 2.69. The Morgan fingerprint density at radius 2 is 1.83 bits per heavy atom. The van der Waals surface area contributed by atoms with Crippen LogP contribution in [0, 0.1) is 0 Å². The number of sulfonamides is 1. The van der Waals surface area contributed by atoms with Gasteiger partial charge in [0.25, 0.3) is 5.91 Å². The van der Waals surface area contributed by atoms with Crippen molar-refractivity contribution in [2.45, 2.75) is 17.9 Å². The zero-order valence-corrected chi connectivity index (χ0v) is 17.1. The van der Waals surface area contributed by atoms with Gasteiger partial charge in [-0.2, -0.15) is 4.31 Å². The summed E-state index contributed by atoms with van der Waals surface area (Å²) < 4.78 is 37.6. The van der Waals surface area contributed by atoms with Crippen LogP contribution < -0.4 is 10.1 Å². The van der Waals surface area contributed by atoms with Crippen molar-refractivity contribution in [1.82, 2.24) is 4.31 Å². The molecule has 0 aliphatic carbocycles. The standard InChI is InChI=1S/C20H22N2O7S/c1-14(29-18-8-3-2-7-17(18)20(24)25)19(23)21-15-5-4-6-16(13-15)30(26,27)22-9-11-28-12-10-22/h2-8,13-14H,9-12H2,1H3,(H,21,23)(H,24,25)/t14-/m1/s1. The first kappa shape index (κ1) is 21.8. The van der Waals surface area contributed by atoms with Crippen LogP contribution in [0.25, 0.3) is 0 Å². The van der Waals surface area contributed by atoms with Gasteiger partial charge in [-0.25, -0.2) is 13.2 Å². The average molecular weight is 434 g/mol. The molecule has 1 saturated heterocycles. The number of benzene rings is 2. The Bertz CT molecular complexity index is 1030. The largest absolute Gasteiger partial charge is 0.480 e. The highest BCUT2D eigenvalue weighted by Gasteiger charge is 2.27. The van der Waals surface area contributed by atoms with E-state index in [2.05, 4.69) is 5.32 Å². The highest BCUT2D eigenvalue weighted by Crippen LogP contribution is 2.22. The van der Waals surface area contributed by atoms with Crippen molar-refractivity contribution >= 4 is 27.6 Å². The van der Waals surface area contributed by atoms with Crippen LogP contribution in [0.3, 0.4) is 0 Å². The Morgan fingerprint density at radius 3 is 2.53 bits per heavy atom. The van der Waals surface area contributed by atoms with Crippen LogP contribution in [0.5, 0.6) is 5.75 Å². The van der Waals surface area contributed by atoms with E-state index in [0.29, 0.717) is 13.2 Å². The van der Waals surface area contributed by atoms with Gasteiger partial charge in [-0.05, 0) is 37.3 Å². The third-order valence-electron chi connectivity index (χ3n) is 4.50. The van der Waals surface area contributed by atoms with Gasteiger partial charge in [0.15, 0.2) is 6.10 Å². The smallest absolute Gasteiger partial charge is 0.339 e. The quantitative estimate of drug-likeness (QED) is 0.681. The van der Waals surface area contributed by atoms with E-state index in [1.54, 1.807) is 18.2 Å². The minimum atomic E-state index is -3.70. The summed E-state index contributed by atoms with van der Waals surface area (Å²) in [5, 5.41) is 11.8. The van der Waals surface area contributed by atoms with Crippen LogP contribution in [0.15, 0.2) is 53.4 Å². The van der Waals surface area contributed by atoms with Crippen molar-refractivity contribution < 1.29 is 32.6 Å². The van der Waals surface area contributed by atoms with E-state index in [-0.39, 0.29) is 35.0 Å². The van der Waals surface area contributed by atoms with Crippen molar-refractivity contribution in [3.05, 3.63) is 54.1 Å². The lowest BCUT2D eigenvalue weighted by Gasteiger charge is -2.26. The molecule has 3 rings (SSSR count). The highest BCUT2D eigenvalue weighted by molar-refractivity contribution is 7.89. The van der Waals surface area contributed by atoms with Crippen LogP contribution in [-0.4, -0.2) is 62.1 Å². The maximum atomic E-state index is 12.8. The third-order valence-corrected chi connectivity index (χ3v) is 6.39. The number of para-hydroxylation sites is 1. The Balaban J connectivity index is 1.71. The predicted octanol–water partition coefficient (Wildman–Crippen LogP) is 1.81. The van der Waals surface area contributed by atoms with Gasteiger partial charge in [0.05, 0.1) is 18.1 Å². The molecule has 0 saturated carbocycles. The first-order chi connectivity index (χ1) is 14.3. The molecule has 0 radical (unpaired) electrons. The number of aromatic carboxylic acids is 1. The summed E-state index contributed by atoms with van der Waals surface area (Å²) in [7, 11) is -3.70. The zero-order valence-electron chi connectivity index (χ0n) is 16.3. The molecule has 2 aromatic carbocycles. The summed E-state index contributed by atoms with van der Waals surface area (Å²) in [6, 6.07) is 11.9. The van der Waals surface area contributed by atoms with E-state index in [0.717, 1.165) is 0 Å². The number of amides is 1. The fourth-order valence-electron chi connectivity index (χ4n) is 2.90. The first-order valence-corrected chi connectivity index (χ1v) is 10.7. The van der Waals surface area contributed by atoms with Gasteiger partial charge in [-0.3, -0.25) is 4.79 Å². The maximum absolute atomic E-state index is 12.8. The number of anilines is 1. The number of nitrogens with zero attached hydrogens (tertiary/aromatic N) is 1. The number of ether oxygens (including phenoxy) is 2. The molecule has 1 atom stereocenters. The molecule has 1 aliphatic heterocycles. The SMILES string of the molecule is C[C@@H](Oc1ccccc1C(=O)O)C(=O)Nc1cccc(S(=O)(=O)N2CCOCC2)c1. The highest BCUT2D eigenvalue weighted by atomic mass is 32.2. The van der Waals surface area contributed by atoms with E-state index in [1.165, 1.54) is 41.6 Å². The molecular formula is C20H22N2O7S. The van der Waals surface area contributed by atoms with Gasteiger partial charge in [0.2, 0.25) is 10.0 Å². The molecular weight excluding hydrogens is 412 g/mol. The molecule has 1 heterocycles. The zero-order chi connectivity index (χ0) is 21.7. The molecule has 2 aromatic rings. The second-order valence-corrected chi connectivity index (χ2v) is 8.53. The van der Waals surface area contributed by atoms with Crippen molar-refractivity contribution in [1.29, 1.82) is 0 Å². The summed E-state index contributed by atoms with van der Waals surface area (Å²) in [6.07, 6.45) is -1.01. The summed E-state index contributed by atoms with van der Waals surface area (Å²) in [5.41, 5.74) is 0.229. The van der Waals surface area contributed by atoms with Crippen LogP contribution in [-0.2, 0) is 19.6 Å². The molecule has 0 bridgehead atoms. The third kappa shape index (κ3) is 4.96. The van der Waals surface area contributed by atoms with E-state index < -0.39 is 28.0 Å². The predicted molar refractivity (Wildman–Crippen MR) is 108 cm³/mol. The van der Waals surface area contributed by atoms with Crippen LogP contribution in [0.1, 0.15) is 17.3 Å². The summed E-state index contributed by atoms with van der Waals surface area (Å²) in [4.78, 5) is 23.8. The second-order valence-electron chi connectivity index (χ2n) is 6.59. The topological polar surface area (TPSA) is 122 Å². The van der Waals surface area contributed by atoms with Gasteiger partial charge in [-0.15, -0.1) is 0 Å². The van der Waals surface area contributed by atoms with Crippen molar-refractivity contribution in [2.75, 3.05) is 31.6 Å². The number of carboxylic acid groups (broad SMARTS) is 1. The molecule has 0 unspecified atom stereocenters. The number of nitrogens with one attached hydrogen (secondary N) is 1. The molecule has 0 spiro atoms. The lowest BCUT2D eigenvalue weighted by Crippen LogP contribution is -2.40. The number of carbonyl (C=O) groups is 2. The molecule has 0 aromatic heterocycles. The van der Waals surface area contributed by atoms with Crippen molar-refractivity contribution in [3.63, 3.8) is 0 Å². The molecule has 10 heteroatoms. The van der Waals surface area contributed by atoms with Gasteiger partial charge >= 0.3 is 5.97 Å². The van der Waals surface area contributed by atoms with E-state index >= 15 is 0 Å². The van der Waals surface area contributed by atoms with Crippen LogP contribution in [0.2, 0.25) is 0 Å². The maximum Gasteiger partial charge on any atom is 0.339 e. The Hall–Kier alpha value is -2.95. The fraction of sp³-hybridized carbons (Fsp3) is 0.300. The van der Waals surface area contributed by atoms with Gasteiger partial charge < -0.3 is 19.9 Å². The molecule has 1 aliphatic rings. The molecule has 2 N–H and O–H groups in total. The molecule has 1 fully saturated rings. The van der Waals surface area contributed by atoms with Crippen molar-refractivity contribution in [3.8, 4) is 5.75 Å². The molecule has 1 amide bonds. The number of morpholine rings is 1. The minimum Gasteiger partial charge on any atom is -0.480 e. The Labute approximate surface area is 174 Å². The Kier molecular flexibility index (Phi) is 6.70. The lowest BCUT2D eigenvalue weighted by atomic mass is 10.2. The van der Waals surface area contributed by atoms with E-state index in [1.807, 2.05) is 0 Å². The lowest BCUT2D eigenvalue weighted by molar-refractivity contribution is -0.122. The normalized spacial score (nSPS) is 15.9. The number of rotatable bonds is 7. The van der Waals surface area contributed by atoms with E-state index in [4.69, 9.17) is 9.47 Å². The number of carboxylic acids is 1. The number of hydrogen-bond acceptors (Lipinski definition) is 6. The van der Waals surface area contributed by atoms with Gasteiger partial charge in [0.1, 0.15) is 11.3 Å². The average Bonchev–Trinajstić information content (AvgIpc) is 2.74. The van der Waals surface area contributed by atoms with Gasteiger partial charge in [0, 0.05) is 18.8 Å². The molecule has 30 heavy (non-hydrogen) atoms. The van der Waals surface area contributed by atoms with Crippen LogP contribution in [0.4, 0.5) is 5.69 Å². The van der Waals surface area contributed by atoms with E-state index in [9.17, 15) is 23.1 Å². The summed E-state index contributed by atoms with van der Waals surface area (Å²) >= 11 is 0. The van der Waals surface area contributed by atoms with Crippen molar-refractivity contribution in [2.24, 2.45) is 0 Å². The number of carbonyl (C=O) groups excluding carboxylic acids is 1. The first-order valence-electron chi connectivity index (χ1n) is 9.27. The number of hydrogen-bond donors (Lipinski definition) is 2. The molecule has 160 valence electrons. The monoisotopic (exact) mass is 434 g/mol. The minimum absolute atomic E-state index is 0.0595. The molecule has 9 nitrogen and oxygen atoms in total. The van der Waals surface area contributed by atoms with Crippen LogP contribution >= 0.6 is 0 Å².